The Morgan fingerprint density at radius 2 is 1.83 bits per heavy atom. The first-order chi connectivity index (χ1) is 11.1. The smallest absolute Gasteiger partial charge is 0.234 e. The van der Waals surface area contributed by atoms with Crippen LogP contribution in [0.25, 0.3) is 0 Å². The molecule has 2 amide bonds. The first kappa shape index (κ1) is 15.9. The Kier molecular flexibility index (Phi) is 4.91. The molecule has 1 aromatic rings. The molecule has 2 fully saturated rings. The van der Waals surface area contributed by atoms with E-state index < -0.39 is 0 Å². The maximum atomic E-state index is 13.6. The number of hydrogen-bond acceptors (Lipinski definition) is 3. The van der Waals surface area contributed by atoms with E-state index >= 15 is 0 Å². The Morgan fingerprint density at radius 3 is 2.48 bits per heavy atom. The van der Waals surface area contributed by atoms with Crippen LogP contribution in [0.5, 0.6) is 0 Å². The highest BCUT2D eigenvalue weighted by Gasteiger charge is 2.26. The van der Waals surface area contributed by atoms with Gasteiger partial charge in [-0.05, 0) is 24.5 Å². The zero-order chi connectivity index (χ0) is 16.2. The van der Waals surface area contributed by atoms with Crippen LogP contribution in [0.2, 0.25) is 0 Å². The number of piperazine rings is 1. The lowest BCUT2D eigenvalue weighted by atomic mass is 10.1. The highest BCUT2D eigenvalue weighted by atomic mass is 19.1. The largest absolute Gasteiger partial charge is 0.352 e. The maximum Gasteiger partial charge on any atom is 0.234 e. The van der Waals surface area contributed by atoms with Gasteiger partial charge in [0.15, 0.2) is 0 Å². The van der Waals surface area contributed by atoms with Crippen molar-refractivity contribution in [1.29, 1.82) is 0 Å². The molecule has 0 unspecified atom stereocenters. The van der Waals surface area contributed by atoms with Gasteiger partial charge < -0.3 is 10.2 Å². The number of halogens is 1. The van der Waals surface area contributed by atoms with E-state index in [9.17, 15) is 14.0 Å². The predicted octanol–water partition coefficient (Wildman–Crippen LogP) is 0.791. The van der Waals surface area contributed by atoms with Crippen molar-refractivity contribution in [3.8, 4) is 0 Å². The molecule has 0 spiro atoms. The van der Waals surface area contributed by atoms with Crippen molar-refractivity contribution in [1.82, 2.24) is 15.1 Å². The molecule has 1 aromatic carbocycles. The van der Waals surface area contributed by atoms with Crippen molar-refractivity contribution >= 4 is 11.8 Å². The summed E-state index contributed by atoms with van der Waals surface area (Å²) in [6.07, 6.45) is 2.27. The van der Waals surface area contributed by atoms with E-state index in [0.29, 0.717) is 44.3 Å². The monoisotopic (exact) mass is 319 g/mol. The molecule has 23 heavy (non-hydrogen) atoms. The van der Waals surface area contributed by atoms with Gasteiger partial charge in [-0.3, -0.25) is 14.5 Å². The number of rotatable bonds is 5. The van der Waals surface area contributed by atoms with Crippen LogP contribution in [0.3, 0.4) is 0 Å². The number of amides is 2. The van der Waals surface area contributed by atoms with Crippen molar-refractivity contribution in [2.75, 3.05) is 32.7 Å². The van der Waals surface area contributed by atoms with Crippen LogP contribution in [-0.4, -0.2) is 60.4 Å². The summed E-state index contributed by atoms with van der Waals surface area (Å²) in [7, 11) is 0. The van der Waals surface area contributed by atoms with Crippen LogP contribution < -0.4 is 5.32 Å². The summed E-state index contributed by atoms with van der Waals surface area (Å²) in [6.45, 7) is 2.93. The molecular weight excluding hydrogens is 297 g/mol. The normalized spacial score (nSPS) is 18.7. The highest BCUT2D eigenvalue weighted by Crippen LogP contribution is 2.18. The Balaban J connectivity index is 1.43. The molecule has 1 aliphatic carbocycles. The lowest BCUT2D eigenvalue weighted by molar-refractivity contribution is -0.132. The van der Waals surface area contributed by atoms with Gasteiger partial charge in [-0.2, -0.15) is 0 Å². The van der Waals surface area contributed by atoms with Crippen molar-refractivity contribution in [2.45, 2.75) is 25.3 Å². The van der Waals surface area contributed by atoms with Crippen LogP contribution in [-0.2, 0) is 16.0 Å². The molecule has 0 radical (unpaired) electrons. The molecular formula is C17H22FN3O2. The van der Waals surface area contributed by atoms with Crippen molar-refractivity contribution in [3.05, 3.63) is 35.6 Å². The molecule has 3 rings (SSSR count). The van der Waals surface area contributed by atoms with E-state index in [2.05, 4.69) is 10.2 Å². The standard InChI is InChI=1S/C17H22FN3O2/c18-15-4-2-1-3-13(15)11-17(23)21-9-7-20(8-10-21)12-16(22)19-14-5-6-14/h1-4,14H,5-12H2,(H,19,22). The molecule has 5 nitrogen and oxygen atoms in total. The zero-order valence-electron chi connectivity index (χ0n) is 13.1. The summed E-state index contributed by atoms with van der Waals surface area (Å²) < 4.78 is 13.6. The number of carbonyl (C=O) groups is 2. The molecule has 1 heterocycles. The third-order valence-electron chi connectivity index (χ3n) is 4.33. The number of nitrogens with zero attached hydrogens (tertiary/aromatic N) is 2. The molecule has 2 aliphatic rings. The maximum absolute atomic E-state index is 13.6. The molecule has 1 aliphatic heterocycles. The lowest BCUT2D eigenvalue weighted by Crippen LogP contribution is -2.51. The fourth-order valence-electron chi connectivity index (χ4n) is 2.78. The van der Waals surface area contributed by atoms with E-state index in [1.807, 2.05) is 0 Å². The second-order valence-corrected chi connectivity index (χ2v) is 6.27. The van der Waals surface area contributed by atoms with Gasteiger partial charge in [0.1, 0.15) is 5.82 Å². The summed E-state index contributed by atoms with van der Waals surface area (Å²) in [4.78, 5) is 27.9. The summed E-state index contributed by atoms with van der Waals surface area (Å²) >= 11 is 0. The van der Waals surface area contributed by atoms with Gasteiger partial charge >= 0.3 is 0 Å². The minimum absolute atomic E-state index is 0.0582. The molecule has 1 N–H and O–H groups in total. The molecule has 0 atom stereocenters. The number of benzene rings is 1. The van der Waals surface area contributed by atoms with E-state index in [4.69, 9.17) is 0 Å². The Hall–Kier alpha value is -1.95. The summed E-state index contributed by atoms with van der Waals surface area (Å²) in [5.74, 6) is -0.327. The van der Waals surface area contributed by atoms with Crippen LogP contribution in [0.15, 0.2) is 24.3 Å². The Bertz CT molecular complexity index is 581. The van der Waals surface area contributed by atoms with Gasteiger partial charge in [0.2, 0.25) is 11.8 Å². The topological polar surface area (TPSA) is 52.7 Å². The molecule has 0 bridgehead atoms. The molecule has 1 saturated heterocycles. The van der Waals surface area contributed by atoms with Crippen molar-refractivity contribution in [3.63, 3.8) is 0 Å². The van der Waals surface area contributed by atoms with Gasteiger partial charge in [0.25, 0.3) is 0 Å². The van der Waals surface area contributed by atoms with E-state index in [1.54, 1.807) is 23.1 Å². The van der Waals surface area contributed by atoms with Crippen LogP contribution in [0.4, 0.5) is 4.39 Å². The van der Waals surface area contributed by atoms with Crippen LogP contribution >= 0.6 is 0 Å². The van der Waals surface area contributed by atoms with E-state index in [-0.39, 0.29) is 24.1 Å². The van der Waals surface area contributed by atoms with Gasteiger partial charge in [0.05, 0.1) is 13.0 Å². The first-order valence-electron chi connectivity index (χ1n) is 8.15. The van der Waals surface area contributed by atoms with Crippen LogP contribution in [0.1, 0.15) is 18.4 Å². The van der Waals surface area contributed by atoms with Crippen molar-refractivity contribution < 1.29 is 14.0 Å². The second kappa shape index (κ2) is 7.08. The number of nitrogens with one attached hydrogen (secondary N) is 1. The summed E-state index contributed by atoms with van der Waals surface area (Å²) in [5.41, 5.74) is 0.434. The van der Waals surface area contributed by atoms with Crippen LogP contribution in [0, 0.1) is 5.82 Å². The van der Waals surface area contributed by atoms with Gasteiger partial charge in [-0.25, -0.2) is 4.39 Å². The fourth-order valence-corrected chi connectivity index (χ4v) is 2.78. The minimum atomic E-state index is -0.337. The SMILES string of the molecule is O=C(CN1CCN(C(=O)Cc2ccccc2F)CC1)NC1CC1. The molecule has 6 heteroatoms. The average Bonchev–Trinajstić information content (AvgIpc) is 3.34. The van der Waals surface area contributed by atoms with Gasteiger partial charge in [0, 0.05) is 32.2 Å². The minimum Gasteiger partial charge on any atom is -0.352 e. The number of hydrogen-bond donors (Lipinski definition) is 1. The van der Waals surface area contributed by atoms with Gasteiger partial charge in [-0.15, -0.1) is 0 Å². The Labute approximate surface area is 135 Å². The van der Waals surface area contributed by atoms with Crippen molar-refractivity contribution in [2.24, 2.45) is 0 Å². The quantitative estimate of drug-likeness (QED) is 0.873. The predicted molar refractivity (Wildman–Crippen MR) is 84.3 cm³/mol. The zero-order valence-corrected chi connectivity index (χ0v) is 13.1. The molecule has 124 valence electrons. The summed E-state index contributed by atoms with van der Waals surface area (Å²) in [5, 5.41) is 2.97. The second-order valence-electron chi connectivity index (χ2n) is 6.27. The molecule has 0 aromatic heterocycles. The first-order valence-corrected chi connectivity index (χ1v) is 8.15. The lowest BCUT2D eigenvalue weighted by Gasteiger charge is -2.34. The average molecular weight is 319 g/mol. The third kappa shape index (κ3) is 4.51. The molecule has 1 saturated carbocycles. The Morgan fingerprint density at radius 1 is 1.13 bits per heavy atom. The summed E-state index contributed by atoms with van der Waals surface area (Å²) in [6, 6.07) is 6.76. The number of carbonyl (C=O) groups excluding carboxylic acids is 2. The highest BCUT2D eigenvalue weighted by molar-refractivity contribution is 5.79. The van der Waals surface area contributed by atoms with E-state index in [1.165, 1.54) is 6.07 Å². The third-order valence-corrected chi connectivity index (χ3v) is 4.33. The fraction of sp³-hybridized carbons (Fsp3) is 0.529. The van der Waals surface area contributed by atoms with Gasteiger partial charge in [-0.1, -0.05) is 18.2 Å². The van der Waals surface area contributed by atoms with E-state index in [0.717, 1.165) is 12.8 Å².